The maximum Gasteiger partial charge on any atom is 0.0164 e. The molecule has 0 radical (unpaired) electrons. The Bertz CT molecular complexity index is 166. The van der Waals surface area contributed by atoms with E-state index >= 15 is 0 Å². The van der Waals surface area contributed by atoms with Crippen LogP contribution >= 0.6 is 0 Å². The second kappa shape index (κ2) is 8.96. The van der Waals surface area contributed by atoms with Crippen molar-refractivity contribution in [2.45, 2.75) is 53.9 Å². The van der Waals surface area contributed by atoms with Crippen molar-refractivity contribution in [1.29, 1.82) is 0 Å². The third kappa shape index (κ3) is 7.61. The molecule has 1 N–H and O–H groups in total. The maximum atomic E-state index is 3.52. The van der Waals surface area contributed by atoms with Crippen molar-refractivity contribution in [2.75, 3.05) is 13.1 Å². The van der Waals surface area contributed by atoms with E-state index in [0.29, 0.717) is 0 Å². The molecular weight excluding hydrogens is 182 g/mol. The van der Waals surface area contributed by atoms with Crippen LogP contribution in [-0.2, 0) is 0 Å². The van der Waals surface area contributed by atoms with Gasteiger partial charge in [0.05, 0.1) is 0 Å². The van der Waals surface area contributed by atoms with Crippen LogP contribution in [-0.4, -0.2) is 13.1 Å². The van der Waals surface area contributed by atoms with Gasteiger partial charge in [-0.3, -0.25) is 0 Å². The average molecular weight is 211 g/mol. The molecule has 15 heavy (non-hydrogen) atoms. The number of hydrogen-bond donors (Lipinski definition) is 1. The lowest BCUT2D eigenvalue weighted by Gasteiger charge is -2.13. The molecule has 0 spiro atoms. The van der Waals surface area contributed by atoms with Crippen molar-refractivity contribution in [3.05, 3.63) is 11.6 Å². The molecule has 0 aliphatic rings. The lowest BCUT2D eigenvalue weighted by Crippen LogP contribution is -2.22. The van der Waals surface area contributed by atoms with Gasteiger partial charge in [-0.1, -0.05) is 46.3 Å². The van der Waals surface area contributed by atoms with Crippen molar-refractivity contribution in [2.24, 2.45) is 11.8 Å². The van der Waals surface area contributed by atoms with E-state index in [1.807, 2.05) is 0 Å². The number of allylic oxidation sites excluding steroid dienone is 1. The first-order chi connectivity index (χ1) is 7.13. The van der Waals surface area contributed by atoms with E-state index in [-0.39, 0.29) is 0 Å². The van der Waals surface area contributed by atoms with Crippen LogP contribution in [0.15, 0.2) is 11.6 Å². The Labute approximate surface area is 96.3 Å². The summed E-state index contributed by atoms with van der Waals surface area (Å²) in [6.45, 7) is 13.5. The second-order valence-corrected chi connectivity index (χ2v) is 4.78. The minimum absolute atomic E-state index is 0.747. The molecule has 1 heteroatoms. The van der Waals surface area contributed by atoms with Gasteiger partial charge in [0, 0.05) is 6.54 Å². The summed E-state index contributed by atoms with van der Waals surface area (Å²) in [5, 5.41) is 3.52. The van der Waals surface area contributed by atoms with Crippen molar-refractivity contribution in [3.8, 4) is 0 Å². The third-order valence-corrected chi connectivity index (χ3v) is 2.88. The van der Waals surface area contributed by atoms with Gasteiger partial charge in [-0.25, -0.2) is 0 Å². The molecule has 0 aliphatic heterocycles. The van der Waals surface area contributed by atoms with Crippen LogP contribution in [0.25, 0.3) is 0 Å². The second-order valence-electron chi connectivity index (χ2n) is 4.78. The van der Waals surface area contributed by atoms with Gasteiger partial charge in [0.1, 0.15) is 0 Å². The standard InChI is InChI=1S/C14H29N/c1-6-13(7-2)9-14(8-3)11-15-10-12(4)5/h9,12-13,15H,6-8,10-11H2,1-5H3. The Balaban J connectivity index is 3.99. The maximum absolute atomic E-state index is 3.52. The fourth-order valence-electron chi connectivity index (χ4n) is 1.68. The minimum atomic E-state index is 0.747. The smallest absolute Gasteiger partial charge is 0.0164 e. The summed E-state index contributed by atoms with van der Waals surface area (Å²) < 4.78 is 0. The normalized spacial score (nSPS) is 12.9. The predicted molar refractivity (Wildman–Crippen MR) is 70.2 cm³/mol. The molecule has 0 aromatic heterocycles. The number of nitrogens with one attached hydrogen (secondary N) is 1. The van der Waals surface area contributed by atoms with Crippen LogP contribution in [0.5, 0.6) is 0 Å². The summed E-state index contributed by atoms with van der Waals surface area (Å²) in [6, 6.07) is 0. The molecule has 1 nitrogen and oxygen atoms in total. The third-order valence-electron chi connectivity index (χ3n) is 2.88. The molecule has 0 amide bonds. The first-order valence-corrected chi connectivity index (χ1v) is 6.54. The first kappa shape index (κ1) is 14.7. The largest absolute Gasteiger partial charge is 0.313 e. The van der Waals surface area contributed by atoms with E-state index in [9.17, 15) is 0 Å². The summed E-state index contributed by atoms with van der Waals surface area (Å²) in [5.41, 5.74) is 1.57. The SMILES string of the molecule is CCC(=CC(CC)CC)CNCC(C)C. The average Bonchev–Trinajstić information content (AvgIpc) is 2.22. The lowest BCUT2D eigenvalue weighted by molar-refractivity contribution is 0.560. The number of hydrogen-bond acceptors (Lipinski definition) is 1. The van der Waals surface area contributed by atoms with E-state index in [1.54, 1.807) is 5.57 Å². The topological polar surface area (TPSA) is 12.0 Å². The van der Waals surface area contributed by atoms with Crippen molar-refractivity contribution < 1.29 is 0 Å². The zero-order valence-corrected chi connectivity index (χ0v) is 11.3. The Morgan fingerprint density at radius 3 is 2.13 bits per heavy atom. The number of rotatable bonds is 8. The quantitative estimate of drug-likeness (QED) is 0.598. The first-order valence-electron chi connectivity index (χ1n) is 6.54. The predicted octanol–water partition coefficient (Wildman–Crippen LogP) is 4.00. The molecule has 0 fully saturated rings. The van der Waals surface area contributed by atoms with E-state index in [2.05, 4.69) is 46.0 Å². The van der Waals surface area contributed by atoms with Gasteiger partial charge in [-0.05, 0) is 37.6 Å². The highest BCUT2D eigenvalue weighted by Crippen LogP contribution is 2.13. The Morgan fingerprint density at radius 2 is 1.73 bits per heavy atom. The van der Waals surface area contributed by atoms with E-state index in [0.717, 1.165) is 24.9 Å². The highest BCUT2D eigenvalue weighted by atomic mass is 14.9. The molecule has 0 saturated carbocycles. The monoisotopic (exact) mass is 211 g/mol. The van der Waals surface area contributed by atoms with Crippen LogP contribution in [0.4, 0.5) is 0 Å². The van der Waals surface area contributed by atoms with Crippen LogP contribution in [0, 0.1) is 11.8 Å². The van der Waals surface area contributed by atoms with Gasteiger partial charge in [0.2, 0.25) is 0 Å². The van der Waals surface area contributed by atoms with Crippen molar-refractivity contribution >= 4 is 0 Å². The van der Waals surface area contributed by atoms with Crippen LogP contribution in [0.1, 0.15) is 53.9 Å². The fraction of sp³-hybridized carbons (Fsp3) is 0.857. The van der Waals surface area contributed by atoms with Crippen LogP contribution in [0.2, 0.25) is 0 Å². The van der Waals surface area contributed by atoms with Crippen molar-refractivity contribution in [1.82, 2.24) is 5.32 Å². The van der Waals surface area contributed by atoms with Gasteiger partial charge in [0.15, 0.2) is 0 Å². The van der Waals surface area contributed by atoms with E-state index in [1.165, 1.54) is 19.3 Å². The van der Waals surface area contributed by atoms with Crippen LogP contribution in [0.3, 0.4) is 0 Å². The molecule has 0 atom stereocenters. The summed E-state index contributed by atoms with van der Waals surface area (Å²) in [6.07, 6.45) is 6.20. The van der Waals surface area contributed by atoms with Gasteiger partial charge in [0.25, 0.3) is 0 Å². The molecule has 0 aromatic carbocycles. The molecule has 90 valence electrons. The van der Waals surface area contributed by atoms with Gasteiger partial charge >= 0.3 is 0 Å². The zero-order valence-electron chi connectivity index (χ0n) is 11.3. The van der Waals surface area contributed by atoms with Crippen molar-refractivity contribution in [3.63, 3.8) is 0 Å². The highest BCUT2D eigenvalue weighted by Gasteiger charge is 2.02. The Kier molecular flexibility index (Phi) is 8.79. The fourth-order valence-corrected chi connectivity index (χ4v) is 1.68. The molecule has 0 heterocycles. The Hall–Kier alpha value is -0.300. The molecular formula is C14H29N. The Morgan fingerprint density at radius 1 is 1.13 bits per heavy atom. The summed E-state index contributed by atoms with van der Waals surface area (Å²) >= 11 is 0. The molecule has 0 aliphatic carbocycles. The summed E-state index contributed by atoms with van der Waals surface area (Å²) in [7, 11) is 0. The summed E-state index contributed by atoms with van der Waals surface area (Å²) in [4.78, 5) is 0. The molecule has 0 aromatic rings. The van der Waals surface area contributed by atoms with Gasteiger partial charge in [-0.2, -0.15) is 0 Å². The minimum Gasteiger partial charge on any atom is -0.313 e. The molecule has 0 unspecified atom stereocenters. The van der Waals surface area contributed by atoms with E-state index < -0.39 is 0 Å². The van der Waals surface area contributed by atoms with Gasteiger partial charge < -0.3 is 5.32 Å². The van der Waals surface area contributed by atoms with Crippen LogP contribution < -0.4 is 5.32 Å². The lowest BCUT2D eigenvalue weighted by atomic mass is 9.99. The summed E-state index contributed by atoms with van der Waals surface area (Å²) in [5.74, 6) is 1.53. The van der Waals surface area contributed by atoms with E-state index in [4.69, 9.17) is 0 Å². The molecule has 0 saturated heterocycles. The molecule has 0 bridgehead atoms. The van der Waals surface area contributed by atoms with Gasteiger partial charge in [-0.15, -0.1) is 0 Å². The molecule has 0 rings (SSSR count). The zero-order chi connectivity index (χ0) is 11.7. The highest BCUT2D eigenvalue weighted by molar-refractivity contribution is 5.05.